The number of Topliss-reactive ketones (excluding diaryl/α,β-unsaturated/α-hetero) is 1. The molecule has 0 unspecified atom stereocenters. The lowest BCUT2D eigenvalue weighted by Gasteiger charge is -2.38. The minimum absolute atomic E-state index is 0.0838. The van der Waals surface area contributed by atoms with Gasteiger partial charge in [-0.3, -0.25) is 19.3 Å². The van der Waals surface area contributed by atoms with Gasteiger partial charge in [-0.1, -0.05) is 36.4 Å². The van der Waals surface area contributed by atoms with Crippen LogP contribution in [0.4, 0.5) is 5.69 Å². The quantitative estimate of drug-likeness (QED) is 0.565. The lowest BCUT2D eigenvalue weighted by Crippen LogP contribution is -2.52. The predicted molar refractivity (Wildman–Crippen MR) is 113 cm³/mol. The Bertz CT molecular complexity index is 1050. The average Bonchev–Trinajstić information content (AvgIpc) is 3.37. The van der Waals surface area contributed by atoms with Crippen LogP contribution < -0.4 is 4.90 Å². The number of benzene rings is 1. The summed E-state index contributed by atoms with van der Waals surface area (Å²) in [6, 6.07) is 10.5. The van der Waals surface area contributed by atoms with E-state index in [0.717, 1.165) is 11.3 Å². The normalized spacial score (nSPS) is 27.8. The highest BCUT2D eigenvalue weighted by molar-refractivity contribution is 7.12. The minimum atomic E-state index is -0.682. The molecule has 4 heterocycles. The number of imide groups is 1. The number of anilines is 1. The molecule has 2 amide bonds. The SMILES string of the molecule is CC(C)(C)N1C(=O)[C@@H]2[C@@H](C1=O)[C@@H](C(=O)c1cccs1)N1c3ccccc3C=C[C@H]21. The molecule has 5 rings (SSSR count). The molecule has 4 atom stereocenters. The molecule has 2 saturated heterocycles. The second-order valence-corrected chi connectivity index (χ2v) is 9.78. The average molecular weight is 407 g/mol. The summed E-state index contributed by atoms with van der Waals surface area (Å²) in [5, 5.41) is 1.87. The predicted octanol–water partition coefficient (Wildman–Crippen LogP) is 3.61. The van der Waals surface area contributed by atoms with E-state index in [1.165, 1.54) is 16.2 Å². The number of likely N-dealkylation sites (tertiary alicyclic amines) is 1. The number of carbonyl (C=O) groups excluding carboxylic acids is 3. The van der Waals surface area contributed by atoms with Gasteiger partial charge in [0.15, 0.2) is 5.78 Å². The van der Waals surface area contributed by atoms with Crippen LogP contribution in [0.3, 0.4) is 0 Å². The van der Waals surface area contributed by atoms with Crippen LogP contribution in [-0.4, -0.2) is 40.1 Å². The summed E-state index contributed by atoms with van der Waals surface area (Å²) in [6.45, 7) is 5.59. The number of ketones is 1. The van der Waals surface area contributed by atoms with E-state index < -0.39 is 23.4 Å². The van der Waals surface area contributed by atoms with E-state index in [1.807, 2.05) is 73.5 Å². The molecule has 148 valence electrons. The Morgan fingerprint density at radius 1 is 1.00 bits per heavy atom. The summed E-state index contributed by atoms with van der Waals surface area (Å²) in [5.74, 6) is -1.70. The number of fused-ring (bicyclic) bond motifs is 5. The molecular formula is C23H22N2O3S. The van der Waals surface area contributed by atoms with Crippen molar-refractivity contribution in [1.29, 1.82) is 0 Å². The summed E-state index contributed by atoms with van der Waals surface area (Å²) in [7, 11) is 0. The molecule has 0 radical (unpaired) electrons. The van der Waals surface area contributed by atoms with Gasteiger partial charge in [0.1, 0.15) is 6.04 Å². The van der Waals surface area contributed by atoms with Gasteiger partial charge in [0.25, 0.3) is 0 Å². The van der Waals surface area contributed by atoms with Gasteiger partial charge in [0.05, 0.1) is 22.8 Å². The highest BCUT2D eigenvalue weighted by atomic mass is 32.1. The molecule has 1 aromatic heterocycles. The standard InChI is InChI=1S/C23H22N2O3S/c1-23(2,3)25-21(27)17-15-11-10-13-7-4-5-8-14(13)24(15)19(18(17)22(25)28)20(26)16-9-6-12-29-16/h4-12,15,17-19H,1-3H3/t15-,17+,18-,19+/m1/s1. The molecule has 2 aromatic rings. The molecule has 5 nitrogen and oxygen atoms in total. The van der Waals surface area contributed by atoms with Crippen molar-refractivity contribution in [3.05, 3.63) is 58.3 Å². The first kappa shape index (κ1) is 18.3. The summed E-state index contributed by atoms with van der Waals surface area (Å²) >= 11 is 1.38. The van der Waals surface area contributed by atoms with Crippen molar-refractivity contribution in [3.63, 3.8) is 0 Å². The van der Waals surface area contributed by atoms with E-state index in [-0.39, 0.29) is 23.6 Å². The first-order valence-electron chi connectivity index (χ1n) is 9.82. The summed E-state index contributed by atoms with van der Waals surface area (Å²) in [5.41, 5.74) is 1.29. The van der Waals surface area contributed by atoms with E-state index in [4.69, 9.17) is 0 Å². The largest absolute Gasteiger partial charge is 0.352 e. The van der Waals surface area contributed by atoms with Gasteiger partial charge in [-0.25, -0.2) is 0 Å². The number of carbonyl (C=O) groups is 3. The number of nitrogens with zero attached hydrogens (tertiary/aromatic N) is 2. The minimum Gasteiger partial charge on any atom is -0.352 e. The first-order chi connectivity index (χ1) is 13.8. The summed E-state index contributed by atoms with van der Waals surface area (Å²) < 4.78 is 0. The molecule has 0 bridgehead atoms. The van der Waals surface area contributed by atoms with Crippen LogP contribution in [0.1, 0.15) is 36.0 Å². The maximum Gasteiger partial charge on any atom is 0.236 e. The Balaban J connectivity index is 1.68. The van der Waals surface area contributed by atoms with Crippen molar-refractivity contribution >= 4 is 40.7 Å². The van der Waals surface area contributed by atoms with Gasteiger partial charge in [-0.15, -0.1) is 11.3 Å². The number of rotatable bonds is 2. The van der Waals surface area contributed by atoms with Gasteiger partial charge >= 0.3 is 0 Å². The van der Waals surface area contributed by atoms with Crippen molar-refractivity contribution in [2.24, 2.45) is 11.8 Å². The van der Waals surface area contributed by atoms with Crippen molar-refractivity contribution in [3.8, 4) is 0 Å². The highest BCUT2D eigenvalue weighted by Crippen LogP contribution is 2.50. The van der Waals surface area contributed by atoms with Crippen LogP contribution in [-0.2, 0) is 9.59 Å². The van der Waals surface area contributed by atoms with Crippen molar-refractivity contribution in [2.75, 3.05) is 4.90 Å². The zero-order valence-corrected chi connectivity index (χ0v) is 17.3. The maximum absolute atomic E-state index is 13.6. The van der Waals surface area contributed by atoms with E-state index in [0.29, 0.717) is 4.88 Å². The van der Waals surface area contributed by atoms with Crippen LogP contribution in [0.2, 0.25) is 0 Å². The summed E-state index contributed by atoms with van der Waals surface area (Å²) in [4.78, 5) is 44.5. The number of hydrogen-bond donors (Lipinski definition) is 0. The van der Waals surface area contributed by atoms with Crippen LogP contribution in [0.15, 0.2) is 47.9 Å². The topological polar surface area (TPSA) is 57.7 Å². The Morgan fingerprint density at radius 2 is 1.72 bits per heavy atom. The van der Waals surface area contributed by atoms with Gasteiger partial charge < -0.3 is 4.90 Å². The highest BCUT2D eigenvalue weighted by Gasteiger charge is 2.65. The van der Waals surface area contributed by atoms with Gasteiger partial charge in [-0.2, -0.15) is 0 Å². The lowest BCUT2D eigenvalue weighted by molar-refractivity contribution is -0.145. The van der Waals surface area contributed by atoms with E-state index in [2.05, 4.69) is 0 Å². The van der Waals surface area contributed by atoms with E-state index >= 15 is 0 Å². The summed E-state index contributed by atoms with van der Waals surface area (Å²) in [6.07, 6.45) is 3.99. The molecule has 0 saturated carbocycles. The second-order valence-electron chi connectivity index (χ2n) is 8.84. The maximum atomic E-state index is 13.6. The van der Waals surface area contributed by atoms with Crippen molar-refractivity contribution in [2.45, 2.75) is 38.4 Å². The molecule has 29 heavy (non-hydrogen) atoms. The van der Waals surface area contributed by atoms with Crippen molar-refractivity contribution in [1.82, 2.24) is 4.90 Å². The number of amides is 2. The number of hydrogen-bond acceptors (Lipinski definition) is 5. The molecule has 2 fully saturated rings. The molecule has 6 heteroatoms. The fourth-order valence-electron chi connectivity index (χ4n) is 5.04. The molecule has 0 aliphatic carbocycles. The Kier molecular flexibility index (Phi) is 3.87. The van der Waals surface area contributed by atoms with Gasteiger partial charge in [-0.05, 0) is 43.8 Å². The van der Waals surface area contributed by atoms with Gasteiger partial charge in [0.2, 0.25) is 11.8 Å². The molecule has 3 aliphatic heterocycles. The zero-order valence-electron chi connectivity index (χ0n) is 16.5. The molecular weight excluding hydrogens is 384 g/mol. The molecule has 3 aliphatic rings. The Labute approximate surface area is 173 Å². The van der Waals surface area contributed by atoms with E-state index in [1.54, 1.807) is 6.07 Å². The third kappa shape index (κ3) is 2.48. The fraction of sp³-hybridized carbons (Fsp3) is 0.348. The van der Waals surface area contributed by atoms with Crippen LogP contribution >= 0.6 is 11.3 Å². The third-order valence-corrected chi connectivity index (χ3v) is 7.00. The molecule has 0 N–H and O–H groups in total. The molecule has 0 spiro atoms. The van der Waals surface area contributed by atoms with E-state index in [9.17, 15) is 14.4 Å². The van der Waals surface area contributed by atoms with Crippen LogP contribution in [0.25, 0.3) is 6.08 Å². The number of para-hydroxylation sites is 1. The molecule has 1 aromatic carbocycles. The fourth-order valence-corrected chi connectivity index (χ4v) is 5.74. The monoisotopic (exact) mass is 406 g/mol. The lowest BCUT2D eigenvalue weighted by atomic mass is 9.87. The Morgan fingerprint density at radius 3 is 2.41 bits per heavy atom. The number of thiophene rings is 1. The Hall–Kier alpha value is -2.73. The zero-order chi connectivity index (χ0) is 20.5. The van der Waals surface area contributed by atoms with Gasteiger partial charge in [0, 0.05) is 11.2 Å². The second kappa shape index (κ2) is 6.13. The first-order valence-corrected chi connectivity index (χ1v) is 10.7. The van der Waals surface area contributed by atoms with Crippen LogP contribution in [0.5, 0.6) is 0 Å². The third-order valence-electron chi connectivity index (χ3n) is 6.12. The van der Waals surface area contributed by atoms with Crippen molar-refractivity contribution < 1.29 is 14.4 Å². The van der Waals surface area contributed by atoms with Crippen LogP contribution in [0, 0.1) is 11.8 Å². The smallest absolute Gasteiger partial charge is 0.236 e.